The third-order valence-electron chi connectivity index (χ3n) is 4.02. The van der Waals surface area contributed by atoms with Crippen molar-refractivity contribution in [3.8, 4) is 0 Å². The fraction of sp³-hybridized carbons (Fsp3) is 0.600. The van der Waals surface area contributed by atoms with Gasteiger partial charge in [-0.25, -0.2) is 0 Å². The zero-order valence-electron chi connectivity index (χ0n) is 14.3. The van der Waals surface area contributed by atoms with Gasteiger partial charge in [0.05, 0.1) is 19.8 Å². The van der Waals surface area contributed by atoms with Gasteiger partial charge in [0.2, 0.25) is 0 Å². The van der Waals surface area contributed by atoms with Gasteiger partial charge in [-0.3, -0.25) is 0 Å². The molecule has 1 heterocycles. The SMILES string of the molecule is C/C(=C\CCCCOCc1ccccc1)CCC1OCCCO1. The summed E-state index contributed by atoms with van der Waals surface area (Å²) in [7, 11) is 0. The first-order chi connectivity index (χ1) is 11.3. The van der Waals surface area contributed by atoms with Gasteiger partial charge < -0.3 is 14.2 Å². The molecule has 23 heavy (non-hydrogen) atoms. The largest absolute Gasteiger partial charge is 0.377 e. The lowest BCUT2D eigenvalue weighted by Gasteiger charge is -2.23. The number of hydrogen-bond acceptors (Lipinski definition) is 3. The Labute approximate surface area is 140 Å². The molecule has 1 saturated heterocycles. The number of benzene rings is 1. The minimum absolute atomic E-state index is 0.0125. The van der Waals surface area contributed by atoms with Crippen molar-refractivity contribution in [2.45, 2.75) is 58.3 Å². The maximum Gasteiger partial charge on any atom is 0.157 e. The Kier molecular flexibility index (Phi) is 9.00. The Bertz CT molecular complexity index is 435. The molecule has 0 bridgehead atoms. The van der Waals surface area contributed by atoms with Gasteiger partial charge >= 0.3 is 0 Å². The molecule has 3 nitrogen and oxygen atoms in total. The van der Waals surface area contributed by atoms with Gasteiger partial charge in [0, 0.05) is 13.0 Å². The second kappa shape index (κ2) is 11.4. The van der Waals surface area contributed by atoms with Crippen molar-refractivity contribution >= 4 is 0 Å². The van der Waals surface area contributed by atoms with E-state index in [0.717, 1.165) is 58.5 Å². The Morgan fingerprint density at radius 2 is 1.96 bits per heavy atom. The maximum absolute atomic E-state index is 5.70. The summed E-state index contributed by atoms with van der Waals surface area (Å²) in [4.78, 5) is 0. The van der Waals surface area contributed by atoms with Crippen LogP contribution in [0.1, 0.15) is 51.0 Å². The van der Waals surface area contributed by atoms with Crippen LogP contribution in [0.5, 0.6) is 0 Å². The summed E-state index contributed by atoms with van der Waals surface area (Å²) < 4.78 is 16.8. The highest BCUT2D eigenvalue weighted by Crippen LogP contribution is 2.15. The highest BCUT2D eigenvalue weighted by molar-refractivity contribution is 5.13. The first-order valence-corrected chi connectivity index (χ1v) is 8.85. The van der Waals surface area contributed by atoms with E-state index < -0.39 is 0 Å². The summed E-state index contributed by atoms with van der Waals surface area (Å²) >= 11 is 0. The summed E-state index contributed by atoms with van der Waals surface area (Å²) in [6.07, 6.45) is 8.86. The second-order valence-electron chi connectivity index (χ2n) is 6.15. The average molecular weight is 318 g/mol. The number of rotatable bonds is 10. The van der Waals surface area contributed by atoms with Crippen LogP contribution in [0.15, 0.2) is 42.0 Å². The van der Waals surface area contributed by atoms with Gasteiger partial charge in [0.15, 0.2) is 6.29 Å². The van der Waals surface area contributed by atoms with Gasteiger partial charge in [-0.15, -0.1) is 0 Å². The summed E-state index contributed by atoms with van der Waals surface area (Å²) in [5.41, 5.74) is 2.68. The number of allylic oxidation sites excluding steroid dienone is 2. The molecule has 3 heteroatoms. The summed E-state index contributed by atoms with van der Waals surface area (Å²) in [6.45, 7) is 5.45. The van der Waals surface area contributed by atoms with Gasteiger partial charge in [-0.1, -0.05) is 42.0 Å². The zero-order chi connectivity index (χ0) is 16.2. The number of ether oxygens (including phenoxy) is 3. The molecule has 0 saturated carbocycles. The van der Waals surface area contributed by atoms with Crippen LogP contribution in [-0.2, 0) is 20.8 Å². The molecule has 0 spiro atoms. The molecule has 0 amide bonds. The molecule has 2 rings (SSSR count). The first-order valence-electron chi connectivity index (χ1n) is 8.85. The van der Waals surface area contributed by atoms with Crippen molar-refractivity contribution in [2.75, 3.05) is 19.8 Å². The molecule has 1 aliphatic rings. The van der Waals surface area contributed by atoms with E-state index in [2.05, 4.69) is 37.3 Å². The van der Waals surface area contributed by atoms with E-state index in [1.807, 2.05) is 6.07 Å². The molecule has 1 aliphatic heterocycles. The van der Waals surface area contributed by atoms with Crippen molar-refractivity contribution in [1.82, 2.24) is 0 Å². The lowest BCUT2D eigenvalue weighted by atomic mass is 10.1. The molecule has 1 aromatic rings. The molecule has 128 valence electrons. The van der Waals surface area contributed by atoms with E-state index in [-0.39, 0.29) is 6.29 Å². The standard InChI is InChI=1S/C20H30O3/c1-18(12-13-20-22-15-8-16-23-20)9-4-3-7-14-21-17-19-10-5-2-6-11-19/h2,5-6,9-11,20H,3-4,7-8,12-17H2,1H3/b18-9+. The average Bonchev–Trinajstić information content (AvgIpc) is 2.61. The predicted octanol–water partition coefficient (Wildman–Crippen LogP) is 4.86. The van der Waals surface area contributed by atoms with Crippen LogP contribution in [0.2, 0.25) is 0 Å². The van der Waals surface area contributed by atoms with Crippen LogP contribution in [0.4, 0.5) is 0 Å². The van der Waals surface area contributed by atoms with Crippen molar-refractivity contribution in [3.63, 3.8) is 0 Å². The van der Waals surface area contributed by atoms with Crippen LogP contribution >= 0.6 is 0 Å². The molecular formula is C20H30O3. The minimum Gasteiger partial charge on any atom is -0.377 e. The van der Waals surface area contributed by atoms with E-state index in [1.54, 1.807) is 0 Å². The smallest absolute Gasteiger partial charge is 0.157 e. The van der Waals surface area contributed by atoms with Gasteiger partial charge in [0.25, 0.3) is 0 Å². The summed E-state index contributed by atoms with van der Waals surface area (Å²) in [5, 5.41) is 0. The highest BCUT2D eigenvalue weighted by atomic mass is 16.7. The van der Waals surface area contributed by atoms with Gasteiger partial charge in [-0.05, 0) is 44.6 Å². The molecule has 0 unspecified atom stereocenters. The number of hydrogen-bond donors (Lipinski definition) is 0. The van der Waals surface area contributed by atoms with Gasteiger partial charge in [0.1, 0.15) is 0 Å². The van der Waals surface area contributed by atoms with E-state index in [0.29, 0.717) is 0 Å². The van der Waals surface area contributed by atoms with Crippen LogP contribution in [0, 0.1) is 0 Å². The second-order valence-corrected chi connectivity index (χ2v) is 6.15. The Morgan fingerprint density at radius 3 is 2.74 bits per heavy atom. The quantitative estimate of drug-likeness (QED) is 0.455. The molecule has 0 radical (unpaired) electrons. The molecular weight excluding hydrogens is 288 g/mol. The van der Waals surface area contributed by atoms with Crippen LogP contribution in [-0.4, -0.2) is 26.1 Å². The maximum atomic E-state index is 5.70. The topological polar surface area (TPSA) is 27.7 Å². The Balaban J connectivity index is 1.45. The van der Waals surface area contributed by atoms with E-state index in [4.69, 9.17) is 14.2 Å². The van der Waals surface area contributed by atoms with Crippen molar-refractivity contribution in [2.24, 2.45) is 0 Å². The lowest BCUT2D eigenvalue weighted by molar-refractivity contribution is -0.180. The van der Waals surface area contributed by atoms with Gasteiger partial charge in [-0.2, -0.15) is 0 Å². The fourth-order valence-electron chi connectivity index (χ4n) is 2.61. The Hall–Kier alpha value is -1.16. The number of unbranched alkanes of at least 4 members (excludes halogenated alkanes) is 2. The third kappa shape index (κ3) is 8.31. The van der Waals surface area contributed by atoms with E-state index >= 15 is 0 Å². The monoisotopic (exact) mass is 318 g/mol. The molecule has 1 fully saturated rings. The predicted molar refractivity (Wildman–Crippen MR) is 93.2 cm³/mol. The lowest BCUT2D eigenvalue weighted by Crippen LogP contribution is -2.24. The van der Waals surface area contributed by atoms with E-state index in [1.165, 1.54) is 17.6 Å². The Morgan fingerprint density at radius 1 is 1.17 bits per heavy atom. The normalized spacial score (nSPS) is 16.7. The van der Waals surface area contributed by atoms with E-state index in [9.17, 15) is 0 Å². The van der Waals surface area contributed by atoms with Crippen LogP contribution < -0.4 is 0 Å². The van der Waals surface area contributed by atoms with Crippen LogP contribution in [0.3, 0.4) is 0 Å². The summed E-state index contributed by atoms with van der Waals surface area (Å²) in [5.74, 6) is 0. The van der Waals surface area contributed by atoms with Crippen molar-refractivity contribution < 1.29 is 14.2 Å². The fourth-order valence-corrected chi connectivity index (χ4v) is 2.61. The first kappa shape index (κ1) is 18.2. The highest BCUT2D eigenvalue weighted by Gasteiger charge is 2.13. The molecule has 1 aromatic carbocycles. The third-order valence-corrected chi connectivity index (χ3v) is 4.02. The van der Waals surface area contributed by atoms with Crippen molar-refractivity contribution in [3.05, 3.63) is 47.5 Å². The summed E-state index contributed by atoms with van der Waals surface area (Å²) in [6, 6.07) is 10.3. The zero-order valence-corrected chi connectivity index (χ0v) is 14.3. The molecule has 0 atom stereocenters. The molecule has 0 aliphatic carbocycles. The van der Waals surface area contributed by atoms with Crippen LogP contribution in [0.25, 0.3) is 0 Å². The minimum atomic E-state index is 0.0125. The van der Waals surface area contributed by atoms with Crippen molar-refractivity contribution in [1.29, 1.82) is 0 Å². The molecule has 0 N–H and O–H groups in total. The molecule has 0 aromatic heterocycles.